The summed E-state index contributed by atoms with van der Waals surface area (Å²) in [6, 6.07) is 3.86. The fourth-order valence-corrected chi connectivity index (χ4v) is 3.65. The molecule has 3 rings (SSSR count). The van der Waals surface area contributed by atoms with E-state index in [0.29, 0.717) is 22.6 Å². The summed E-state index contributed by atoms with van der Waals surface area (Å²) in [6.45, 7) is 5.64. The maximum atomic E-state index is 12.2. The van der Waals surface area contributed by atoms with Gasteiger partial charge in [-0.15, -0.1) is 11.3 Å². The number of hydrogen-bond acceptors (Lipinski definition) is 4. The van der Waals surface area contributed by atoms with Crippen LogP contribution in [0.4, 0.5) is 11.5 Å². The van der Waals surface area contributed by atoms with Crippen molar-refractivity contribution < 1.29 is 9.59 Å². The van der Waals surface area contributed by atoms with Crippen molar-refractivity contribution in [2.24, 2.45) is 0 Å². The Balaban J connectivity index is 2.02. The molecule has 3 heterocycles. The zero-order valence-electron chi connectivity index (χ0n) is 13.2. The highest BCUT2D eigenvalue weighted by Gasteiger charge is 2.26. The van der Waals surface area contributed by atoms with E-state index < -0.39 is 0 Å². The van der Waals surface area contributed by atoms with Crippen LogP contribution >= 0.6 is 11.3 Å². The van der Waals surface area contributed by atoms with Gasteiger partial charge in [0.15, 0.2) is 0 Å². The van der Waals surface area contributed by atoms with Gasteiger partial charge in [0, 0.05) is 22.2 Å². The number of aromatic nitrogens is 1. The molecule has 2 amide bonds. The summed E-state index contributed by atoms with van der Waals surface area (Å²) >= 11 is 1.69. The zero-order valence-corrected chi connectivity index (χ0v) is 14.0. The molecule has 0 atom stereocenters. The number of hydrogen-bond donors (Lipinski definition) is 2. The molecule has 6 heteroatoms. The first-order chi connectivity index (χ1) is 11.0. The molecule has 0 fully saturated rings. The second kappa shape index (κ2) is 5.96. The van der Waals surface area contributed by atoms with Crippen LogP contribution in [0.5, 0.6) is 0 Å². The van der Waals surface area contributed by atoms with Gasteiger partial charge in [-0.05, 0) is 37.1 Å². The molecule has 2 aromatic rings. The van der Waals surface area contributed by atoms with Crippen LogP contribution in [0.25, 0.3) is 11.6 Å². The minimum absolute atomic E-state index is 0.170. The molecule has 0 spiro atoms. The summed E-state index contributed by atoms with van der Waals surface area (Å²) < 4.78 is 0. The predicted molar refractivity (Wildman–Crippen MR) is 93.5 cm³/mol. The molecule has 0 saturated carbocycles. The smallest absolute Gasteiger partial charge is 0.257 e. The second-order valence-corrected chi connectivity index (χ2v) is 6.59. The molecule has 2 N–H and O–H groups in total. The number of carbonyl (C=O) groups excluding carboxylic acids is 2. The maximum absolute atomic E-state index is 12.2. The van der Waals surface area contributed by atoms with E-state index in [1.807, 2.05) is 6.08 Å². The molecule has 5 nitrogen and oxygen atoms in total. The Morgan fingerprint density at radius 1 is 1.43 bits per heavy atom. The molecule has 118 valence electrons. The molecule has 0 unspecified atom stereocenters. The van der Waals surface area contributed by atoms with Crippen LogP contribution in [0.1, 0.15) is 34.7 Å². The normalized spacial score (nSPS) is 14.7. The quantitative estimate of drug-likeness (QED) is 0.848. The molecule has 1 aliphatic heterocycles. The molecule has 1 aliphatic rings. The topological polar surface area (TPSA) is 71.1 Å². The second-order valence-electron chi connectivity index (χ2n) is 5.42. The predicted octanol–water partition coefficient (Wildman–Crippen LogP) is 3.47. The third-order valence-corrected chi connectivity index (χ3v) is 4.95. The van der Waals surface area contributed by atoms with E-state index in [9.17, 15) is 9.59 Å². The average Bonchev–Trinajstić information content (AvgIpc) is 2.99. The van der Waals surface area contributed by atoms with E-state index in [1.54, 1.807) is 17.4 Å². The first kappa shape index (κ1) is 15.4. The molecule has 0 aliphatic carbocycles. The van der Waals surface area contributed by atoms with Crippen LogP contribution in [-0.2, 0) is 16.0 Å². The van der Waals surface area contributed by atoms with E-state index in [4.69, 9.17) is 0 Å². The molecule has 2 aromatic heterocycles. The number of carbonyl (C=O) groups is 2. The SMILES string of the molecule is CCc1sc(C=C2C(=O)Nc3ncc(NC(C)=O)cc32)cc1C. The highest BCUT2D eigenvalue weighted by molar-refractivity contribution is 7.13. The van der Waals surface area contributed by atoms with Gasteiger partial charge >= 0.3 is 0 Å². The van der Waals surface area contributed by atoms with Crippen molar-refractivity contribution in [1.82, 2.24) is 4.98 Å². The van der Waals surface area contributed by atoms with E-state index in [-0.39, 0.29) is 11.8 Å². The van der Waals surface area contributed by atoms with Gasteiger partial charge in [-0.2, -0.15) is 0 Å². The lowest BCUT2D eigenvalue weighted by atomic mass is 10.1. The van der Waals surface area contributed by atoms with Crippen LogP contribution < -0.4 is 10.6 Å². The Bertz CT molecular complexity index is 836. The van der Waals surface area contributed by atoms with Crippen molar-refractivity contribution >= 4 is 46.3 Å². The Labute approximate surface area is 138 Å². The zero-order chi connectivity index (χ0) is 16.6. The minimum Gasteiger partial charge on any atom is -0.325 e. The fourth-order valence-electron chi connectivity index (χ4n) is 2.59. The number of amides is 2. The van der Waals surface area contributed by atoms with Crippen LogP contribution in [0, 0.1) is 6.92 Å². The van der Waals surface area contributed by atoms with Gasteiger partial charge in [0.2, 0.25) is 5.91 Å². The molecule has 23 heavy (non-hydrogen) atoms. The third kappa shape index (κ3) is 3.03. The van der Waals surface area contributed by atoms with Crippen molar-refractivity contribution in [1.29, 1.82) is 0 Å². The minimum atomic E-state index is -0.170. The lowest BCUT2D eigenvalue weighted by Crippen LogP contribution is -2.06. The number of nitrogens with one attached hydrogen (secondary N) is 2. The van der Waals surface area contributed by atoms with Crippen LogP contribution in [-0.4, -0.2) is 16.8 Å². The number of rotatable bonds is 3. The van der Waals surface area contributed by atoms with Crippen molar-refractivity contribution in [2.75, 3.05) is 10.6 Å². The summed E-state index contributed by atoms with van der Waals surface area (Å²) in [5, 5.41) is 5.45. The number of aryl methyl sites for hydroxylation is 2. The largest absolute Gasteiger partial charge is 0.325 e. The molecule has 0 aromatic carbocycles. The average molecular weight is 327 g/mol. The number of nitrogens with zero attached hydrogens (tertiary/aromatic N) is 1. The molecule has 0 saturated heterocycles. The van der Waals surface area contributed by atoms with Gasteiger partial charge in [-0.1, -0.05) is 6.92 Å². The van der Waals surface area contributed by atoms with Gasteiger partial charge in [-0.3, -0.25) is 9.59 Å². The summed E-state index contributed by atoms with van der Waals surface area (Å²) in [5.74, 6) is 0.187. The maximum Gasteiger partial charge on any atom is 0.257 e. The Morgan fingerprint density at radius 2 is 2.22 bits per heavy atom. The highest BCUT2D eigenvalue weighted by atomic mass is 32.1. The van der Waals surface area contributed by atoms with Crippen molar-refractivity contribution in [3.63, 3.8) is 0 Å². The lowest BCUT2D eigenvalue weighted by Gasteiger charge is -2.03. The van der Waals surface area contributed by atoms with Gasteiger partial charge in [0.1, 0.15) is 5.82 Å². The first-order valence-corrected chi connectivity index (χ1v) is 8.20. The number of anilines is 2. The van der Waals surface area contributed by atoms with Gasteiger partial charge in [-0.25, -0.2) is 4.98 Å². The molecule has 0 radical (unpaired) electrons. The third-order valence-electron chi connectivity index (χ3n) is 3.62. The fraction of sp³-hybridized carbons (Fsp3) is 0.235. The van der Waals surface area contributed by atoms with Crippen LogP contribution in [0.3, 0.4) is 0 Å². The Morgan fingerprint density at radius 3 is 2.87 bits per heavy atom. The Hall–Kier alpha value is -2.47. The lowest BCUT2D eigenvalue weighted by molar-refractivity contribution is -0.114. The summed E-state index contributed by atoms with van der Waals surface area (Å²) in [4.78, 5) is 30.0. The summed E-state index contributed by atoms with van der Waals surface area (Å²) in [5.41, 5.74) is 3.11. The monoisotopic (exact) mass is 327 g/mol. The number of thiophene rings is 1. The van der Waals surface area contributed by atoms with Crippen molar-refractivity contribution in [2.45, 2.75) is 27.2 Å². The molecular weight excluding hydrogens is 310 g/mol. The van der Waals surface area contributed by atoms with Gasteiger partial charge in [0.05, 0.1) is 17.5 Å². The summed E-state index contributed by atoms with van der Waals surface area (Å²) in [6.07, 6.45) is 4.40. The van der Waals surface area contributed by atoms with E-state index in [0.717, 1.165) is 11.3 Å². The van der Waals surface area contributed by atoms with E-state index >= 15 is 0 Å². The molecule has 0 bridgehead atoms. The standard InChI is InChI=1S/C17H17N3O2S/c1-4-15-9(2)5-12(23-15)7-14-13-6-11(19-10(3)21)8-18-16(13)20-17(14)22/h5-8H,4H2,1-3H3,(H,19,21)(H,18,20,22). The van der Waals surface area contributed by atoms with Gasteiger partial charge in [0.25, 0.3) is 5.91 Å². The summed E-state index contributed by atoms with van der Waals surface area (Å²) in [7, 11) is 0. The Kier molecular flexibility index (Phi) is 4.00. The first-order valence-electron chi connectivity index (χ1n) is 7.38. The van der Waals surface area contributed by atoms with Crippen molar-refractivity contribution in [3.8, 4) is 0 Å². The number of fused-ring (bicyclic) bond motifs is 1. The van der Waals surface area contributed by atoms with Crippen molar-refractivity contribution in [3.05, 3.63) is 39.2 Å². The van der Waals surface area contributed by atoms with Crippen LogP contribution in [0.2, 0.25) is 0 Å². The van der Waals surface area contributed by atoms with Crippen LogP contribution in [0.15, 0.2) is 18.3 Å². The number of pyridine rings is 1. The van der Waals surface area contributed by atoms with Gasteiger partial charge < -0.3 is 10.6 Å². The van der Waals surface area contributed by atoms with E-state index in [1.165, 1.54) is 23.6 Å². The molecular formula is C17H17N3O2S. The van der Waals surface area contributed by atoms with E-state index in [2.05, 4.69) is 35.5 Å². The highest BCUT2D eigenvalue weighted by Crippen LogP contribution is 2.35.